The second-order valence-electron chi connectivity index (χ2n) is 4.39. The van der Waals surface area contributed by atoms with E-state index >= 15 is 0 Å². The zero-order valence-corrected chi connectivity index (χ0v) is 13.5. The van der Waals surface area contributed by atoms with E-state index in [1.807, 2.05) is 0 Å². The normalized spacial score (nSPS) is 14.5. The van der Waals surface area contributed by atoms with Crippen LogP contribution in [0.4, 0.5) is 0 Å². The van der Waals surface area contributed by atoms with Gasteiger partial charge in [0.1, 0.15) is 11.5 Å². The summed E-state index contributed by atoms with van der Waals surface area (Å²) in [5, 5.41) is 9.93. The fourth-order valence-corrected chi connectivity index (χ4v) is 1.88. The van der Waals surface area contributed by atoms with Crippen LogP contribution in [0.3, 0.4) is 0 Å². The summed E-state index contributed by atoms with van der Waals surface area (Å²) in [5.41, 5.74) is 0.333. The number of aromatic nitrogens is 1. The lowest BCUT2D eigenvalue weighted by molar-refractivity contribution is 0.188. The van der Waals surface area contributed by atoms with Crippen molar-refractivity contribution in [2.45, 2.75) is 26.2 Å². The molecule has 0 bridgehead atoms. The number of aliphatic imine (C=N–C) groups is 1. The highest BCUT2D eigenvalue weighted by Gasteiger charge is 2.23. The predicted molar refractivity (Wildman–Crippen MR) is 76.6 cm³/mol. The lowest BCUT2D eigenvalue weighted by Crippen LogP contribution is -2.03. The number of rotatable bonds is 6. The minimum Gasteiger partial charge on any atom is -0.505 e. The molecule has 1 aromatic heterocycles. The Bertz CT molecular complexity index is 665. The first-order chi connectivity index (χ1) is 9.92. The largest absolute Gasteiger partial charge is 0.505 e. The second kappa shape index (κ2) is 6.97. The highest BCUT2D eigenvalue weighted by molar-refractivity contribution is 7.52. The number of pyridine rings is 1. The zero-order chi connectivity index (χ0) is 17.1. The molecule has 1 atom stereocenters. The molecule has 10 nitrogen and oxygen atoms in total. The van der Waals surface area contributed by atoms with E-state index in [0.29, 0.717) is 0 Å². The van der Waals surface area contributed by atoms with E-state index in [0.717, 1.165) is 6.21 Å². The van der Waals surface area contributed by atoms with Crippen molar-refractivity contribution in [2.24, 2.45) is 4.99 Å². The first-order valence-corrected chi connectivity index (χ1v) is 9.09. The molecule has 0 spiro atoms. The Morgan fingerprint density at radius 2 is 1.95 bits per heavy atom. The van der Waals surface area contributed by atoms with Crippen molar-refractivity contribution in [2.75, 3.05) is 0 Å². The molecular formula is C10H16N2O8P2. The highest BCUT2D eigenvalue weighted by atomic mass is 31.2. The van der Waals surface area contributed by atoms with Gasteiger partial charge in [0.25, 0.3) is 0 Å². The van der Waals surface area contributed by atoms with Crippen LogP contribution >= 0.6 is 15.4 Å². The fourth-order valence-electron chi connectivity index (χ4n) is 1.33. The third-order valence-electron chi connectivity index (χ3n) is 2.65. The third-order valence-corrected chi connectivity index (χ3v) is 4.22. The maximum absolute atomic E-state index is 11.0. The van der Waals surface area contributed by atoms with Gasteiger partial charge in [-0.3, -0.25) is 19.1 Å². The van der Waals surface area contributed by atoms with Gasteiger partial charge < -0.3 is 24.7 Å². The van der Waals surface area contributed by atoms with Crippen LogP contribution in [-0.4, -0.2) is 41.7 Å². The Balaban J connectivity index is 3.15. The van der Waals surface area contributed by atoms with Gasteiger partial charge in [0.2, 0.25) is 0 Å². The Labute approximate surface area is 125 Å². The number of hydrogen-bond donors (Lipinski definition) is 5. The summed E-state index contributed by atoms with van der Waals surface area (Å²) in [6.07, 6.45) is 2.22. The topological polar surface area (TPSA) is 170 Å². The van der Waals surface area contributed by atoms with Crippen LogP contribution in [0.1, 0.15) is 23.7 Å². The summed E-state index contributed by atoms with van der Waals surface area (Å²) >= 11 is 0. The van der Waals surface area contributed by atoms with Crippen LogP contribution in [-0.2, 0) is 20.3 Å². The van der Waals surface area contributed by atoms with Crippen LogP contribution in [0.25, 0.3) is 0 Å². The van der Waals surface area contributed by atoms with Gasteiger partial charge in [-0.25, -0.2) is 4.57 Å². The van der Waals surface area contributed by atoms with Crippen molar-refractivity contribution >= 4 is 21.6 Å². The molecule has 124 valence electrons. The molecule has 0 fully saturated rings. The smallest absolute Gasteiger partial charge is 0.469 e. The molecule has 0 amide bonds. The van der Waals surface area contributed by atoms with Crippen molar-refractivity contribution < 1.29 is 38.3 Å². The molecule has 12 heteroatoms. The number of phosphoric acid groups is 1. The van der Waals surface area contributed by atoms with E-state index in [-0.39, 0.29) is 22.6 Å². The standard InChI is InChI=1S/C10H16N2O8P2/c1-6-10(13)9(4-12-7(2)21(14,15)16)8(3-11-6)5-20-22(17,18)19/h3-4,7,13H,5H2,1-2H3,(H2,14,15,16)(H2,17,18,19). The molecule has 1 unspecified atom stereocenters. The first kappa shape index (κ1) is 18.9. The summed E-state index contributed by atoms with van der Waals surface area (Å²) in [6.45, 7) is 2.11. The summed E-state index contributed by atoms with van der Waals surface area (Å²) in [4.78, 5) is 42.8. The summed E-state index contributed by atoms with van der Waals surface area (Å²) in [6, 6.07) is 0. The van der Waals surface area contributed by atoms with E-state index in [1.165, 1.54) is 20.0 Å². The van der Waals surface area contributed by atoms with Crippen LogP contribution in [0.15, 0.2) is 11.2 Å². The SMILES string of the molecule is Cc1ncc(COP(=O)(O)O)c(C=NC(C)P(=O)(O)O)c1O. The first-order valence-electron chi connectivity index (χ1n) is 5.87. The highest BCUT2D eigenvalue weighted by Crippen LogP contribution is 2.41. The molecule has 0 saturated carbocycles. The van der Waals surface area contributed by atoms with E-state index in [4.69, 9.17) is 19.6 Å². The summed E-state index contributed by atoms with van der Waals surface area (Å²) in [5.74, 6) is -1.66. The number of hydrogen-bond acceptors (Lipinski definition) is 6. The molecule has 0 aliphatic rings. The van der Waals surface area contributed by atoms with E-state index in [9.17, 15) is 14.2 Å². The minimum absolute atomic E-state index is 0.0150. The lowest BCUT2D eigenvalue weighted by atomic mass is 10.1. The van der Waals surface area contributed by atoms with Crippen LogP contribution in [0.2, 0.25) is 0 Å². The van der Waals surface area contributed by atoms with Crippen LogP contribution < -0.4 is 0 Å². The van der Waals surface area contributed by atoms with Crippen molar-refractivity contribution in [1.82, 2.24) is 4.98 Å². The van der Waals surface area contributed by atoms with Crippen molar-refractivity contribution in [3.8, 4) is 5.75 Å². The zero-order valence-electron chi connectivity index (χ0n) is 11.7. The Kier molecular flexibility index (Phi) is 6.00. The maximum Gasteiger partial charge on any atom is 0.469 e. The van der Waals surface area contributed by atoms with Crippen LogP contribution in [0.5, 0.6) is 5.75 Å². The fraction of sp³-hybridized carbons (Fsp3) is 0.400. The van der Waals surface area contributed by atoms with Gasteiger partial charge in [0.15, 0.2) is 0 Å². The van der Waals surface area contributed by atoms with E-state index in [1.54, 1.807) is 0 Å². The molecule has 5 N–H and O–H groups in total. The molecule has 0 aromatic carbocycles. The summed E-state index contributed by atoms with van der Waals surface area (Å²) in [7, 11) is -9.15. The van der Waals surface area contributed by atoms with Gasteiger partial charge >= 0.3 is 15.4 Å². The van der Waals surface area contributed by atoms with Gasteiger partial charge in [-0.1, -0.05) is 0 Å². The monoisotopic (exact) mass is 354 g/mol. The number of nitrogens with zero attached hydrogens (tertiary/aromatic N) is 2. The molecule has 0 aliphatic carbocycles. The number of aryl methyl sites for hydroxylation is 1. The third kappa shape index (κ3) is 5.58. The van der Waals surface area contributed by atoms with E-state index < -0.39 is 27.8 Å². The summed E-state index contributed by atoms with van der Waals surface area (Å²) < 4.78 is 26.1. The van der Waals surface area contributed by atoms with Gasteiger partial charge in [-0.15, -0.1) is 0 Å². The van der Waals surface area contributed by atoms with Crippen molar-refractivity contribution in [3.63, 3.8) is 0 Å². The predicted octanol–water partition coefficient (Wildman–Crippen LogP) is 0.648. The second-order valence-corrected chi connectivity index (χ2v) is 7.56. The van der Waals surface area contributed by atoms with Gasteiger partial charge in [-0.05, 0) is 13.8 Å². The Morgan fingerprint density at radius 3 is 2.45 bits per heavy atom. The van der Waals surface area contributed by atoms with Crippen LogP contribution in [0, 0.1) is 6.92 Å². The number of phosphoric ester groups is 1. The minimum atomic E-state index is -4.72. The molecule has 22 heavy (non-hydrogen) atoms. The molecule has 0 saturated heterocycles. The molecule has 1 aromatic rings. The van der Waals surface area contributed by atoms with E-state index in [2.05, 4.69) is 14.5 Å². The Morgan fingerprint density at radius 1 is 1.36 bits per heavy atom. The molecular weight excluding hydrogens is 338 g/mol. The molecule has 1 heterocycles. The van der Waals surface area contributed by atoms with Gasteiger partial charge in [-0.2, -0.15) is 0 Å². The van der Waals surface area contributed by atoms with Gasteiger partial charge in [0.05, 0.1) is 12.3 Å². The van der Waals surface area contributed by atoms with Crippen molar-refractivity contribution in [1.29, 1.82) is 0 Å². The van der Waals surface area contributed by atoms with Gasteiger partial charge in [0, 0.05) is 23.5 Å². The molecule has 1 rings (SSSR count). The molecule has 0 aliphatic heterocycles. The maximum atomic E-state index is 11.0. The molecule has 0 radical (unpaired) electrons. The van der Waals surface area contributed by atoms with Crippen molar-refractivity contribution in [3.05, 3.63) is 23.0 Å². The quantitative estimate of drug-likeness (QED) is 0.363. The average Bonchev–Trinajstić information content (AvgIpc) is 2.36. The average molecular weight is 354 g/mol. The number of aromatic hydroxyl groups is 1. The lowest BCUT2D eigenvalue weighted by Gasteiger charge is -2.12. The Hall–Kier alpha value is -1.12.